The molecule has 1 aromatic carbocycles. The summed E-state index contributed by atoms with van der Waals surface area (Å²) in [5, 5.41) is 9.06. The summed E-state index contributed by atoms with van der Waals surface area (Å²) in [5.41, 5.74) is 0. The maximum atomic E-state index is 8.25. The smallest absolute Gasteiger partial charge is 0.152 e. The van der Waals surface area contributed by atoms with Gasteiger partial charge < -0.3 is 9.90 Å². The van der Waals surface area contributed by atoms with Crippen molar-refractivity contribution in [3.05, 3.63) is 29.3 Å². The van der Waals surface area contributed by atoms with E-state index in [2.05, 4.69) is 26.8 Å². The van der Waals surface area contributed by atoms with E-state index in [1.807, 2.05) is 40.0 Å². The maximum absolute atomic E-state index is 8.25. The topological polar surface area (TPSA) is 40.1 Å². The van der Waals surface area contributed by atoms with Gasteiger partial charge in [0.05, 0.1) is 19.6 Å². The number of halogens is 1. The molecule has 0 saturated heterocycles. The fourth-order valence-corrected chi connectivity index (χ4v) is 4.59. The van der Waals surface area contributed by atoms with Crippen LogP contribution in [0.5, 0.6) is 0 Å². The Kier molecular flexibility index (Phi) is 10.2. The summed E-state index contributed by atoms with van der Waals surface area (Å²) in [4.78, 5) is 9.48. The largest absolute Gasteiger partial charge is 0.554 e. The molecule has 0 aliphatic carbocycles. The lowest BCUT2D eigenvalue weighted by Gasteiger charge is -2.31. The van der Waals surface area contributed by atoms with E-state index in [-0.39, 0.29) is 0 Å². The van der Waals surface area contributed by atoms with Crippen LogP contribution < -0.4 is 5.11 Å². The Hall–Kier alpha value is -0.360. The number of nitrogens with zero attached hydrogens (tertiary/aromatic N) is 1. The molecule has 0 heterocycles. The van der Waals surface area contributed by atoms with Crippen molar-refractivity contribution in [3.8, 4) is 0 Å². The zero-order chi connectivity index (χ0) is 14.7. The van der Waals surface area contributed by atoms with Crippen LogP contribution in [0, 0.1) is 0 Å². The Morgan fingerprint density at radius 2 is 1.79 bits per heavy atom. The Balaban J connectivity index is 0.000000982. The standard InChI is InChI=1S/C12H19ClNS2.CH2O2/c1-4-14(5-2,6-3)16-15-12-9-7-8-11(13)10-12;2-1-3/h7-10H,4-6H2,1-3H3;1H,(H,2,3)/q+1;/p-1. The van der Waals surface area contributed by atoms with Gasteiger partial charge >= 0.3 is 0 Å². The predicted octanol–water partition coefficient (Wildman–Crippen LogP) is 3.24. The van der Waals surface area contributed by atoms with Crippen LogP contribution in [0.3, 0.4) is 0 Å². The van der Waals surface area contributed by atoms with Crippen molar-refractivity contribution in [2.24, 2.45) is 0 Å². The van der Waals surface area contributed by atoms with Crippen LogP contribution in [-0.2, 0) is 4.79 Å². The highest BCUT2D eigenvalue weighted by molar-refractivity contribution is 8.74. The van der Waals surface area contributed by atoms with E-state index in [9.17, 15) is 0 Å². The molecule has 6 heteroatoms. The van der Waals surface area contributed by atoms with Gasteiger partial charge in [0.1, 0.15) is 0 Å². The fraction of sp³-hybridized carbons (Fsp3) is 0.462. The first kappa shape index (κ1) is 18.6. The summed E-state index contributed by atoms with van der Waals surface area (Å²) in [5.74, 6) is 0. The summed E-state index contributed by atoms with van der Waals surface area (Å²) < 4.78 is 1.08. The molecule has 1 rings (SSSR count). The number of hydrogen-bond acceptors (Lipinski definition) is 4. The molecule has 1 aromatic rings. The summed E-state index contributed by atoms with van der Waals surface area (Å²) >= 11 is 5.97. The van der Waals surface area contributed by atoms with Crippen LogP contribution in [-0.4, -0.2) is 30.0 Å². The average molecular weight is 322 g/mol. The van der Waals surface area contributed by atoms with Crippen LogP contribution in [0.1, 0.15) is 20.8 Å². The molecule has 0 amide bonds. The highest BCUT2D eigenvalue weighted by Crippen LogP contribution is 2.39. The van der Waals surface area contributed by atoms with Gasteiger partial charge in [0.2, 0.25) is 0 Å². The van der Waals surface area contributed by atoms with E-state index in [1.165, 1.54) is 4.90 Å². The van der Waals surface area contributed by atoms with E-state index in [1.54, 1.807) is 0 Å². The van der Waals surface area contributed by atoms with Gasteiger partial charge in [-0.3, -0.25) is 3.89 Å². The van der Waals surface area contributed by atoms with Crippen LogP contribution in [0.4, 0.5) is 0 Å². The second kappa shape index (κ2) is 10.4. The quantitative estimate of drug-likeness (QED) is 0.349. The number of quaternary nitrogens is 1. The molecule has 0 aliphatic heterocycles. The molecule has 0 N–H and O–H groups in total. The van der Waals surface area contributed by atoms with Crippen molar-refractivity contribution in [2.45, 2.75) is 25.7 Å². The van der Waals surface area contributed by atoms with Crippen LogP contribution >= 0.6 is 33.4 Å². The van der Waals surface area contributed by atoms with Crippen LogP contribution in [0.25, 0.3) is 0 Å². The number of hydrogen-bond donors (Lipinski definition) is 0. The van der Waals surface area contributed by atoms with Crippen molar-refractivity contribution in [3.63, 3.8) is 0 Å². The van der Waals surface area contributed by atoms with E-state index in [4.69, 9.17) is 21.5 Å². The van der Waals surface area contributed by atoms with Gasteiger partial charge in [-0.2, -0.15) is 0 Å². The van der Waals surface area contributed by atoms with Gasteiger partial charge in [-0.1, -0.05) is 17.7 Å². The van der Waals surface area contributed by atoms with Crippen molar-refractivity contribution < 1.29 is 13.8 Å². The Morgan fingerprint density at radius 1 is 1.26 bits per heavy atom. The number of carboxylic acid groups (broad SMARTS) is 1. The third-order valence-corrected chi connectivity index (χ3v) is 6.41. The van der Waals surface area contributed by atoms with Gasteiger partial charge in [-0.25, -0.2) is 0 Å². The fourth-order valence-electron chi connectivity index (χ4n) is 1.47. The van der Waals surface area contributed by atoms with Crippen molar-refractivity contribution in [2.75, 3.05) is 19.6 Å². The normalized spacial score (nSPS) is 10.5. The Bertz CT molecular complexity index is 365. The molecule has 19 heavy (non-hydrogen) atoms. The van der Waals surface area contributed by atoms with E-state index >= 15 is 0 Å². The molecule has 0 saturated carbocycles. The molecule has 0 unspecified atom stereocenters. The lowest BCUT2D eigenvalue weighted by molar-refractivity contribution is -0.787. The third kappa shape index (κ3) is 7.11. The second-order valence-electron chi connectivity index (χ2n) is 3.72. The van der Waals surface area contributed by atoms with Crippen LogP contribution in [0.2, 0.25) is 5.02 Å². The molecule has 108 valence electrons. The second-order valence-corrected chi connectivity index (χ2v) is 6.66. The summed E-state index contributed by atoms with van der Waals surface area (Å²) in [7, 11) is 3.75. The molecule has 0 atom stereocenters. The summed E-state index contributed by atoms with van der Waals surface area (Å²) in [6, 6.07) is 8.05. The van der Waals surface area contributed by atoms with Crippen LogP contribution in [0.15, 0.2) is 29.2 Å². The van der Waals surface area contributed by atoms with Crippen molar-refractivity contribution >= 4 is 39.8 Å². The van der Waals surface area contributed by atoms with Gasteiger partial charge in [0.15, 0.2) is 11.0 Å². The molecule has 0 aromatic heterocycles. The highest BCUT2D eigenvalue weighted by atomic mass is 35.5. The molecule has 0 fully saturated rings. The van der Waals surface area contributed by atoms with E-state index in [0.29, 0.717) is 0 Å². The minimum absolute atomic E-state index is 0.500. The third-order valence-electron chi connectivity index (χ3n) is 2.82. The first-order valence-corrected chi connectivity index (χ1v) is 8.59. The molecule has 0 aliphatic rings. The first-order valence-electron chi connectivity index (χ1n) is 6.11. The Morgan fingerprint density at radius 3 is 2.21 bits per heavy atom. The molecular formula is C13H20ClNO2S2. The molecule has 3 nitrogen and oxygen atoms in total. The average Bonchev–Trinajstić information content (AvgIpc) is 2.42. The molecular weight excluding hydrogens is 302 g/mol. The van der Waals surface area contributed by atoms with Gasteiger partial charge in [-0.05, 0) is 39.0 Å². The predicted molar refractivity (Wildman–Crippen MR) is 82.8 cm³/mol. The van der Waals surface area contributed by atoms with Gasteiger partial charge in [0, 0.05) is 27.2 Å². The van der Waals surface area contributed by atoms with E-state index in [0.717, 1.165) is 28.5 Å². The molecule has 0 spiro atoms. The lowest BCUT2D eigenvalue weighted by atomic mass is 10.4. The van der Waals surface area contributed by atoms with Gasteiger partial charge in [-0.15, -0.1) is 0 Å². The van der Waals surface area contributed by atoms with E-state index < -0.39 is 6.47 Å². The molecule has 0 radical (unpaired) electrons. The minimum Gasteiger partial charge on any atom is -0.554 e. The van der Waals surface area contributed by atoms with Gasteiger partial charge in [0.25, 0.3) is 0 Å². The summed E-state index contributed by atoms with van der Waals surface area (Å²) in [6.45, 7) is 9.72. The Labute approximate surface area is 128 Å². The molecule has 0 bridgehead atoms. The SMILES string of the molecule is CC[N+](CC)(CC)SSc1cccc(Cl)c1.O=C[O-]. The maximum Gasteiger partial charge on any atom is 0.152 e. The number of benzene rings is 1. The summed E-state index contributed by atoms with van der Waals surface area (Å²) in [6.07, 6.45) is 0. The zero-order valence-electron chi connectivity index (χ0n) is 11.5. The zero-order valence-corrected chi connectivity index (χ0v) is 13.9. The number of rotatable bonds is 6. The number of carbonyl (C=O) groups is 1. The first-order chi connectivity index (χ1) is 9.07. The lowest BCUT2D eigenvalue weighted by Crippen LogP contribution is -2.39. The number of carbonyl (C=O) groups excluding carboxylic acids is 1. The van der Waals surface area contributed by atoms with Crippen molar-refractivity contribution in [1.82, 2.24) is 0 Å². The minimum atomic E-state index is -0.500. The monoisotopic (exact) mass is 321 g/mol. The highest BCUT2D eigenvalue weighted by Gasteiger charge is 2.23. The van der Waals surface area contributed by atoms with Crippen molar-refractivity contribution in [1.29, 1.82) is 0 Å².